The highest BCUT2D eigenvalue weighted by Crippen LogP contribution is 2.23. The monoisotopic (exact) mass is 288 g/mol. The van der Waals surface area contributed by atoms with Crippen molar-refractivity contribution in [3.8, 4) is 0 Å². The number of aliphatic imine (C=N–C) groups is 1. The lowest BCUT2D eigenvalue weighted by Gasteiger charge is -2.19. The minimum absolute atomic E-state index is 0.0691. The lowest BCUT2D eigenvalue weighted by molar-refractivity contribution is -0.118. The van der Waals surface area contributed by atoms with Crippen molar-refractivity contribution in [3.05, 3.63) is 29.8 Å². The SMILES string of the molecule is CN1CC(=O)NC1=NC(=O)Nc1ccc(C(C)(C)C)cc1. The summed E-state index contributed by atoms with van der Waals surface area (Å²) < 4.78 is 0. The maximum absolute atomic E-state index is 11.8. The molecule has 1 fully saturated rings. The number of hydrogen-bond acceptors (Lipinski definition) is 2. The summed E-state index contributed by atoms with van der Waals surface area (Å²) in [5.41, 5.74) is 1.93. The molecule has 0 aliphatic carbocycles. The van der Waals surface area contributed by atoms with Crippen molar-refractivity contribution in [2.24, 2.45) is 4.99 Å². The van der Waals surface area contributed by atoms with Crippen LogP contribution in [0.15, 0.2) is 29.3 Å². The van der Waals surface area contributed by atoms with E-state index in [4.69, 9.17) is 0 Å². The highest BCUT2D eigenvalue weighted by molar-refractivity contribution is 6.09. The summed E-state index contributed by atoms with van der Waals surface area (Å²) in [6, 6.07) is 7.13. The summed E-state index contributed by atoms with van der Waals surface area (Å²) >= 11 is 0. The Morgan fingerprint density at radius 2 is 1.90 bits per heavy atom. The number of benzene rings is 1. The molecular weight excluding hydrogens is 268 g/mol. The predicted molar refractivity (Wildman–Crippen MR) is 82.4 cm³/mol. The van der Waals surface area contributed by atoms with Gasteiger partial charge >= 0.3 is 6.03 Å². The normalized spacial score (nSPS) is 17.0. The number of likely N-dealkylation sites (N-methyl/N-ethyl adjacent to an activating group) is 1. The van der Waals surface area contributed by atoms with E-state index in [1.807, 2.05) is 24.3 Å². The molecule has 0 spiro atoms. The van der Waals surface area contributed by atoms with Crippen LogP contribution < -0.4 is 10.6 Å². The number of nitrogens with one attached hydrogen (secondary N) is 2. The van der Waals surface area contributed by atoms with E-state index < -0.39 is 6.03 Å². The summed E-state index contributed by atoms with van der Waals surface area (Å²) in [5.74, 6) is 0.0994. The van der Waals surface area contributed by atoms with E-state index in [0.29, 0.717) is 5.69 Å². The average molecular weight is 288 g/mol. The second kappa shape index (κ2) is 5.55. The largest absolute Gasteiger partial charge is 0.348 e. The van der Waals surface area contributed by atoms with Gasteiger partial charge in [0.05, 0.1) is 6.54 Å². The zero-order valence-corrected chi connectivity index (χ0v) is 12.7. The molecule has 2 N–H and O–H groups in total. The van der Waals surface area contributed by atoms with Crippen molar-refractivity contribution in [1.82, 2.24) is 10.2 Å². The van der Waals surface area contributed by atoms with Crippen LogP contribution in [0.2, 0.25) is 0 Å². The fourth-order valence-electron chi connectivity index (χ4n) is 1.96. The smallest absolute Gasteiger partial charge is 0.336 e. The van der Waals surface area contributed by atoms with Crippen LogP contribution in [-0.4, -0.2) is 36.4 Å². The van der Waals surface area contributed by atoms with Crippen molar-refractivity contribution in [3.63, 3.8) is 0 Å². The second-order valence-corrected chi connectivity index (χ2v) is 6.10. The maximum Gasteiger partial charge on any atom is 0.348 e. The van der Waals surface area contributed by atoms with Crippen LogP contribution >= 0.6 is 0 Å². The topological polar surface area (TPSA) is 73.8 Å². The first-order valence-corrected chi connectivity index (χ1v) is 6.77. The third-order valence-corrected chi connectivity index (χ3v) is 3.20. The van der Waals surface area contributed by atoms with Gasteiger partial charge in [-0.3, -0.25) is 10.1 Å². The molecule has 2 rings (SSSR count). The van der Waals surface area contributed by atoms with Crippen LogP contribution in [0.3, 0.4) is 0 Å². The number of anilines is 1. The van der Waals surface area contributed by atoms with Gasteiger partial charge in [0.25, 0.3) is 0 Å². The van der Waals surface area contributed by atoms with E-state index in [1.54, 1.807) is 11.9 Å². The number of hydrogen-bond donors (Lipinski definition) is 2. The van der Waals surface area contributed by atoms with Gasteiger partial charge < -0.3 is 10.2 Å². The predicted octanol–water partition coefficient (Wildman–Crippen LogP) is 1.93. The molecule has 0 unspecified atom stereocenters. The van der Waals surface area contributed by atoms with Gasteiger partial charge in [0.2, 0.25) is 11.9 Å². The quantitative estimate of drug-likeness (QED) is 0.829. The standard InChI is InChI=1S/C15H20N4O2/c1-15(2,3)10-5-7-11(8-6-10)16-14(21)18-13-17-12(20)9-19(13)4/h5-8H,9H2,1-4H3,(H2,16,17,18,20,21). The van der Waals surface area contributed by atoms with E-state index in [1.165, 1.54) is 5.56 Å². The van der Waals surface area contributed by atoms with E-state index in [9.17, 15) is 9.59 Å². The summed E-state index contributed by atoms with van der Waals surface area (Å²) in [5, 5.41) is 5.20. The Kier molecular flexibility index (Phi) is 3.97. The molecule has 0 bridgehead atoms. The lowest BCUT2D eigenvalue weighted by atomic mass is 9.87. The van der Waals surface area contributed by atoms with Crippen LogP contribution in [0.25, 0.3) is 0 Å². The Bertz CT molecular complexity index is 585. The van der Waals surface area contributed by atoms with Crippen LogP contribution in [-0.2, 0) is 10.2 Å². The highest BCUT2D eigenvalue weighted by atomic mass is 16.2. The van der Waals surface area contributed by atoms with Gasteiger partial charge in [0, 0.05) is 12.7 Å². The Morgan fingerprint density at radius 1 is 1.29 bits per heavy atom. The summed E-state index contributed by atoms with van der Waals surface area (Å²) in [7, 11) is 1.70. The van der Waals surface area contributed by atoms with Gasteiger partial charge in [-0.15, -0.1) is 0 Å². The molecule has 6 heteroatoms. The fourth-order valence-corrected chi connectivity index (χ4v) is 1.96. The maximum atomic E-state index is 11.8. The molecule has 1 aromatic rings. The zero-order chi connectivity index (χ0) is 15.6. The molecule has 1 aromatic carbocycles. The molecule has 1 heterocycles. The number of rotatable bonds is 1. The van der Waals surface area contributed by atoms with Crippen molar-refractivity contribution in [2.75, 3.05) is 18.9 Å². The van der Waals surface area contributed by atoms with Crippen LogP contribution in [0, 0.1) is 0 Å². The first-order valence-electron chi connectivity index (χ1n) is 6.77. The molecule has 0 radical (unpaired) electrons. The fraction of sp³-hybridized carbons (Fsp3) is 0.400. The van der Waals surface area contributed by atoms with Crippen molar-refractivity contribution in [1.29, 1.82) is 0 Å². The van der Waals surface area contributed by atoms with Gasteiger partial charge in [0.1, 0.15) is 0 Å². The third kappa shape index (κ3) is 3.81. The van der Waals surface area contributed by atoms with Crippen molar-refractivity contribution >= 4 is 23.6 Å². The van der Waals surface area contributed by atoms with Gasteiger partial charge in [0.15, 0.2) is 0 Å². The number of nitrogens with zero attached hydrogens (tertiary/aromatic N) is 2. The molecule has 3 amide bonds. The number of amides is 3. The minimum atomic E-state index is -0.512. The number of carbonyl (C=O) groups excluding carboxylic acids is 2. The zero-order valence-electron chi connectivity index (χ0n) is 12.7. The summed E-state index contributed by atoms with van der Waals surface area (Å²) in [6.45, 7) is 6.61. The third-order valence-electron chi connectivity index (χ3n) is 3.20. The average Bonchev–Trinajstić information content (AvgIpc) is 2.67. The molecule has 0 saturated carbocycles. The molecule has 0 aromatic heterocycles. The van der Waals surface area contributed by atoms with E-state index in [2.05, 4.69) is 36.4 Å². The van der Waals surface area contributed by atoms with E-state index >= 15 is 0 Å². The second-order valence-electron chi connectivity index (χ2n) is 6.10. The molecule has 1 saturated heterocycles. The van der Waals surface area contributed by atoms with Gasteiger partial charge in [-0.1, -0.05) is 32.9 Å². The number of urea groups is 1. The van der Waals surface area contributed by atoms with Crippen LogP contribution in [0.5, 0.6) is 0 Å². The first-order chi connectivity index (χ1) is 9.75. The molecule has 21 heavy (non-hydrogen) atoms. The first kappa shape index (κ1) is 15.0. The minimum Gasteiger partial charge on any atom is -0.336 e. The number of carbonyl (C=O) groups is 2. The molecule has 1 aliphatic heterocycles. The molecule has 6 nitrogen and oxygen atoms in total. The molecule has 1 aliphatic rings. The number of guanidine groups is 1. The van der Waals surface area contributed by atoms with Gasteiger partial charge in [-0.2, -0.15) is 4.99 Å². The highest BCUT2D eigenvalue weighted by Gasteiger charge is 2.22. The van der Waals surface area contributed by atoms with Crippen LogP contribution in [0.4, 0.5) is 10.5 Å². The van der Waals surface area contributed by atoms with Crippen LogP contribution in [0.1, 0.15) is 26.3 Å². The van der Waals surface area contributed by atoms with E-state index in [0.717, 1.165) is 0 Å². The molecule has 112 valence electrons. The van der Waals surface area contributed by atoms with Gasteiger partial charge in [-0.05, 0) is 23.1 Å². The summed E-state index contributed by atoms with van der Waals surface area (Å²) in [6.07, 6.45) is 0. The Hall–Kier alpha value is -2.37. The molecular formula is C15H20N4O2. The van der Waals surface area contributed by atoms with Crippen molar-refractivity contribution < 1.29 is 9.59 Å². The lowest BCUT2D eigenvalue weighted by Crippen LogP contribution is -2.29. The van der Waals surface area contributed by atoms with Crippen molar-refractivity contribution in [2.45, 2.75) is 26.2 Å². The van der Waals surface area contributed by atoms with Gasteiger partial charge in [-0.25, -0.2) is 4.79 Å². The summed E-state index contributed by atoms with van der Waals surface area (Å²) in [4.78, 5) is 28.4. The Labute approximate surface area is 124 Å². The Balaban J connectivity index is 2.03. The van der Waals surface area contributed by atoms with E-state index in [-0.39, 0.29) is 23.8 Å². The molecule has 0 atom stereocenters. The Morgan fingerprint density at radius 3 is 2.38 bits per heavy atom.